The number of carbonyl (C=O) groups excluding carboxylic acids is 6. The molecule has 0 unspecified atom stereocenters. The zero-order chi connectivity index (χ0) is 46.6. The molecule has 0 aliphatic carbocycles. The molecule has 0 aromatic heterocycles. The highest BCUT2D eigenvalue weighted by Gasteiger charge is 2.39. The number of nitrogens with one attached hydrogen (secondary N) is 6. The molecule has 0 saturated heterocycles. The highest BCUT2D eigenvalue weighted by atomic mass is 16.4. The number of amides is 6. The summed E-state index contributed by atoms with van der Waals surface area (Å²) in [4.78, 5) is 115. The molecule has 0 fully saturated rings. The van der Waals surface area contributed by atoms with Gasteiger partial charge in [0.1, 0.15) is 30.2 Å². The highest BCUT2D eigenvalue weighted by Crippen LogP contribution is 2.21. The fourth-order valence-electron chi connectivity index (χ4n) is 6.10. The first-order chi connectivity index (χ1) is 28.4. The number of hydrogen-bond acceptors (Lipinski definition) is 11. The molecule has 1 aromatic carbocycles. The quantitative estimate of drug-likeness (QED) is 0.0517. The number of aryl methyl sites for hydroxylation is 1. The zero-order valence-corrected chi connectivity index (χ0v) is 35.9. The Morgan fingerprint density at radius 1 is 0.639 bits per heavy atom. The standard InChI is InChI=1S/C40H63BN6O14/c1-8-9-14-29(41(60)61)46-37(57)26(19-22(2)3)45-39(59)34(40(5,6)7)47-38(58)27(20-24-13-11-10-12-23(24)4)44-35(55)25(15-17-31(49)50)43-36(56)28(21-33(53)54)42-30(48)16-18-32(51)52/h10-13,22,25-29,34,60-61H,8-9,14-21H2,1-7H3,(H,42,48)(H,43,56)(H,44,55)(H,45,59)(H,46,57)(H,47,58)(H,49,50)(H,51,52)(H,53,54)/t25-,26-,27-,28-,29-,34+/m0/s1. The average molecular weight is 863 g/mol. The van der Waals surface area contributed by atoms with Gasteiger partial charge in [0.05, 0.1) is 18.8 Å². The van der Waals surface area contributed by atoms with Crippen LogP contribution in [0.4, 0.5) is 0 Å². The van der Waals surface area contributed by atoms with Crippen molar-refractivity contribution in [3.8, 4) is 0 Å². The summed E-state index contributed by atoms with van der Waals surface area (Å²) in [5.41, 5.74) is 0.305. The summed E-state index contributed by atoms with van der Waals surface area (Å²) in [6, 6.07) is -0.565. The molecule has 0 radical (unpaired) electrons. The second-order valence-corrected chi connectivity index (χ2v) is 16.5. The summed E-state index contributed by atoms with van der Waals surface area (Å²) in [5, 5.41) is 62.4. The number of hydrogen-bond donors (Lipinski definition) is 11. The molecule has 21 heteroatoms. The van der Waals surface area contributed by atoms with Crippen molar-refractivity contribution >= 4 is 60.5 Å². The number of carboxylic acid groups (broad SMARTS) is 3. The van der Waals surface area contributed by atoms with Gasteiger partial charge in [-0.25, -0.2) is 0 Å². The van der Waals surface area contributed by atoms with Gasteiger partial charge in [-0.05, 0) is 48.6 Å². The van der Waals surface area contributed by atoms with E-state index in [1.165, 1.54) is 0 Å². The largest absolute Gasteiger partial charge is 0.481 e. The SMILES string of the molecule is CCCC[C@H](NC(=O)[C@H](CC(C)C)NC(=O)[C@@H](NC(=O)[C@H](Cc1ccccc1C)NC(=O)[C@H](CCC(=O)O)NC(=O)[C@H](CC(=O)O)NC(=O)CCC(=O)O)C(C)(C)C)B(O)O. The number of rotatable bonds is 27. The van der Waals surface area contributed by atoms with E-state index in [0.717, 1.165) is 12.0 Å². The number of unbranched alkanes of at least 4 members (excludes halogenated alkanes) is 1. The van der Waals surface area contributed by atoms with E-state index in [1.54, 1.807) is 52.0 Å². The van der Waals surface area contributed by atoms with Crippen LogP contribution in [0.1, 0.15) is 110 Å². The maximum atomic E-state index is 14.3. The van der Waals surface area contributed by atoms with E-state index in [1.807, 2.05) is 20.8 Å². The van der Waals surface area contributed by atoms with E-state index in [-0.39, 0.29) is 25.2 Å². The Morgan fingerprint density at radius 3 is 1.70 bits per heavy atom. The molecule has 1 rings (SSSR count). The molecule has 0 saturated carbocycles. The van der Waals surface area contributed by atoms with E-state index in [4.69, 9.17) is 5.11 Å². The number of aliphatic carboxylic acids is 3. The van der Waals surface area contributed by atoms with Crippen molar-refractivity contribution < 1.29 is 68.5 Å². The predicted octanol–water partition coefficient (Wildman–Crippen LogP) is -0.0550. The van der Waals surface area contributed by atoms with E-state index >= 15 is 0 Å². The summed E-state index contributed by atoms with van der Waals surface area (Å²) in [6.07, 6.45) is -1.83. The van der Waals surface area contributed by atoms with E-state index in [9.17, 15) is 63.4 Å². The fourth-order valence-corrected chi connectivity index (χ4v) is 6.10. The third kappa shape index (κ3) is 20.5. The normalized spacial score (nSPS) is 14.2. The van der Waals surface area contributed by atoms with Crippen molar-refractivity contribution in [2.45, 2.75) is 149 Å². The lowest BCUT2D eigenvalue weighted by atomic mass is 9.76. The third-order valence-electron chi connectivity index (χ3n) is 9.51. The smallest absolute Gasteiger partial charge is 0.475 e. The second kappa shape index (κ2) is 25.9. The first kappa shape index (κ1) is 53.5. The summed E-state index contributed by atoms with van der Waals surface area (Å²) in [5.74, 6) is -10.9. The van der Waals surface area contributed by atoms with Crippen molar-refractivity contribution in [2.75, 3.05) is 0 Å². The first-order valence-corrected chi connectivity index (χ1v) is 20.2. The van der Waals surface area contributed by atoms with Gasteiger partial charge >= 0.3 is 25.0 Å². The molecule has 6 amide bonds. The van der Waals surface area contributed by atoms with Crippen LogP contribution in [0.15, 0.2) is 24.3 Å². The summed E-state index contributed by atoms with van der Waals surface area (Å²) >= 11 is 0. The molecule has 1 aromatic rings. The van der Waals surface area contributed by atoms with Gasteiger partial charge in [0.2, 0.25) is 35.4 Å². The monoisotopic (exact) mass is 862 g/mol. The second-order valence-electron chi connectivity index (χ2n) is 16.5. The Labute approximate surface area is 355 Å². The zero-order valence-electron chi connectivity index (χ0n) is 35.9. The Kier molecular flexibility index (Phi) is 22.7. The fraction of sp³-hybridized carbons (Fsp3) is 0.625. The molecule has 0 spiro atoms. The van der Waals surface area contributed by atoms with Crippen LogP contribution in [0.2, 0.25) is 0 Å². The molecule has 0 aliphatic heterocycles. The van der Waals surface area contributed by atoms with Gasteiger partial charge in [-0.2, -0.15) is 0 Å². The Balaban J connectivity index is 3.55. The van der Waals surface area contributed by atoms with Crippen molar-refractivity contribution in [1.82, 2.24) is 31.9 Å². The van der Waals surface area contributed by atoms with Gasteiger partial charge in [0.25, 0.3) is 0 Å². The maximum absolute atomic E-state index is 14.3. The minimum Gasteiger partial charge on any atom is -0.481 e. The van der Waals surface area contributed by atoms with Gasteiger partial charge in [-0.15, -0.1) is 0 Å². The third-order valence-corrected chi connectivity index (χ3v) is 9.51. The van der Waals surface area contributed by atoms with Crippen molar-refractivity contribution in [1.29, 1.82) is 0 Å². The molecule has 6 atom stereocenters. The van der Waals surface area contributed by atoms with Gasteiger partial charge in [-0.3, -0.25) is 43.2 Å². The lowest BCUT2D eigenvalue weighted by Gasteiger charge is -2.34. The number of benzene rings is 1. The van der Waals surface area contributed by atoms with Gasteiger partial charge in [0.15, 0.2) is 0 Å². The molecule has 11 N–H and O–H groups in total. The molecule has 0 bridgehead atoms. The van der Waals surface area contributed by atoms with Crippen LogP contribution in [0.25, 0.3) is 0 Å². The molecule has 0 heterocycles. The van der Waals surface area contributed by atoms with Gasteiger partial charge in [-0.1, -0.05) is 78.6 Å². The van der Waals surface area contributed by atoms with Crippen LogP contribution in [-0.4, -0.2) is 122 Å². The average Bonchev–Trinajstić information content (AvgIpc) is 3.14. The number of carboxylic acids is 3. The maximum Gasteiger partial charge on any atom is 0.475 e. The predicted molar refractivity (Wildman–Crippen MR) is 221 cm³/mol. The first-order valence-electron chi connectivity index (χ1n) is 20.2. The topological polar surface area (TPSA) is 327 Å². The Hall–Kier alpha value is -5.57. The van der Waals surface area contributed by atoms with Crippen LogP contribution in [0, 0.1) is 18.3 Å². The molecule has 0 aliphatic rings. The summed E-state index contributed by atoms with van der Waals surface area (Å²) < 4.78 is 0. The van der Waals surface area contributed by atoms with Crippen molar-refractivity contribution in [2.24, 2.45) is 11.3 Å². The van der Waals surface area contributed by atoms with Crippen LogP contribution in [-0.2, 0) is 49.6 Å². The molecular formula is C40H63BN6O14. The van der Waals surface area contributed by atoms with Crippen LogP contribution >= 0.6 is 0 Å². The minimum absolute atomic E-state index is 0.109. The lowest BCUT2D eigenvalue weighted by Crippen LogP contribution is -2.62. The lowest BCUT2D eigenvalue weighted by molar-refractivity contribution is -0.142. The molecule has 340 valence electrons. The molecule has 61 heavy (non-hydrogen) atoms. The van der Waals surface area contributed by atoms with Gasteiger partial charge < -0.3 is 57.3 Å². The van der Waals surface area contributed by atoms with Crippen molar-refractivity contribution in [3.05, 3.63) is 35.4 Å². The minimum atomic E-state index is -1.85. The van der Waals surface area contributed by atoms with Gasteiger partial charge in [0, 0.05) is 19.3 Å². The number of carbonyl (C=O) groups is 9. The van der Waals surface area contributed by atoms with Crippen LogP contribution < -0.4 is 31.9 Å². The van der Waals surface area contributed by atoms with E-state index < -0.39 is 134 Å². The Morgan fingerprint density at radius 2 is 1.18 bits per heavy atom. The summed E-state index contributed by atoms with van der Waals surface area (Å²) in [6.45, 7) is 12.2. The Bertz CT molecular complexity index is 1700. The van der Waals surface area contributed by atoms with Crippen LogP contribution in [0.3, 0.4) is 0 Å². The van der Waals surface area contributed by atoms with E-state index in [0.29, 0.717) is 12.0 Å². The molecular weight excluding hydrogens is 799 g/mol. The van der Waals surface area contributed by atoms with Crippen LogP contribution in [0.5, 0.6) is 0 Å². The molecule has 20 nitrogen and oxygen atoms in total. The van der Waals surface area contributed by atoms with E-state index in [2.05, 4.69) is 31.9 Å². The summed E-state index contributed by atoms with van der Waals surface area (Å²) in [7, 11) is -1.85. The van der Waals surface area contributed by atoms with Crippen molar-refractivity contribution in [3.63, 3.8) is 0 Å². The highest BCUT2D eigenvalue weighted by molar-refractivity contribution is 6.43.